The summed E-state index contributed by atoms with van der Waals surface area (Å²) in [7, 11) is 1.79. The minimum Gasteiger partial charge on any atom is -0.344 e. The molecule has 1 aliphatic heterocycles. The zero-order chi connectivity index (χ0) is 19.2. The number of nitrogens with one attached hydrogen (secondary N) is 1. The molecular weight excluding hydrogens is 347 g/mol. The molecule has 2 aromatic rings. The second-order valence-corrected chi connectivity index (χ2v) is 6.77. The number of likely N-dealkylation sites (N-methyl/N-ethyl adjacent to an activating group) is 1. The van der Waals surface area contributed by atoms with Gasteiger partial charge in [-0.15, -0.1) is 0 Å². The van der Waals surface area contributed by atoms with E-state index in [-0.39, 0.29) is 30.1 Å². The van der Waals surface area contributed by atoms with Gasteiger partial charge in [0.25, 0.3) is 0 Å². The Kier molecular flexibility index (Phi) is 6.13. The summed E-state index contributed by atoms with van der Waals surface area (Å²) in [6.45, 7) is 1.87. The molecular formula is C20H23FN4O2. The van der Waals surface area contributed by atoms with Crippen molar-refractivity contribution in [2.75, 3.05) is 38.5 Å². The molecule has 0 aliphatic carbocycles. The van der Waals surface area contributed by atoms with Crippen molar-refractivity contribution in [2.24, 2.45) is 5.92 Å². The molecule has 1 aromatic carbocycles. The fraction of sp³-hybridized carbons (Fsp3) is 0.350. The Morgan fingerprint density at radius 1 is 1.22 bits per heavy atom. The first-order valence-corrected chi connectivity index (χ1v) is 8.94. The van der Waals surface area contributed by atoms with Crippen molar-refractivity contribution in [1.29, 1.82) is 0 Å². The number of pyridine rings is 1. The van der Waals surface area contributed by atoms with E-state index in [1.54, 1.807) is 18.1 Å². The summed E-state index contributed by atoms with van der Waals surface area (Å²) in [5, 5.41) is 2.77. The molecule has 0 bridgehead atoms. The summed E-state index contributed by atoms with van der Waals surface area (Å²) < 4.78 is 13.0. The third-order valence-electron chi connectivity index (χ3n) is 4.63. The summed E-state index contributed by atoms with van der Waals surface area (Å²) in [6, 6.07) is 11.3. The van der Waals surface area contributed by atoms with Crippen molar-refractivity contribution < 1.29 is 14.0 Å². The van der Waals surface area contributed by atoms with E-state index >= 15 is 0 Å². The second kappa shape index (κ2) is 8.73. The standard InChI is InChI=1S/C20H23FN4O2/c1-24-10-11-25(14-19(26)23-17-7-5-16(21)6-8-17)13-15(20(24)27)12-18-4-2-3-9-22-18/h2-9,15H,10-14H2,1H3,(H,23,26). The number of hydrogen-bond acceptors (Lipinski definition) is 4. The number of benzene rings is 1. The van der Waals surface area contributed by atoms with Crippen LogP contribution in [0.4, 0.5) is 10.1 Å². The lowest BCUT2D eigenvalue weighted by molar-refractivity contribution is -0.133. The lowest BCUT2D eigenvalue weighted by Crippen LogP contribution is -2.38. The highest BCUT2D eigenvalue weighted by molar-refractivity contribution is 5.92. The molecule has 1 saturated heterocycles. The SMILES string of the molecule is CN1CCN(CC(=O)Nc2ccc(F)cc2)CC(Cc2ccccn2)C1=O. The van der Waals surface area contributed by atoms with Crippen molar-refractivity contribution in [3.63, 3.8) is 0 Å². The zero-order valence-electron chi connectivity index (χ0n) is 15.3. The molecule has 1 aliphatic rings. The average Bonchev–Trinajstić information content (AvgIpc) is 2.78. The number of amides is 2. The van der Waals surface area contributed by atoms with Gasteiger partial charge in [0.2, 0.25) is 11.8 Å². The van der Waals surface area contributed by atoms with Gasteiger partial charge in [0.05, 0.1) is 12.5 Å². The molecule has 1 atom stereocenters. The predicted molar refractivity (Wildman–Crippen MR) is 101 cm³/mol. The van der Waals surface area contributed by atoms with Gasteiger partial charge in [-0.2, -0.15) is 0 Å². The molecule has 6 nitrogen and oxygen atoms in total. The van der Waals surface area contributed by atoms with Crippen LogP contribution in [0.1, 0.15) is 5.69 Å². The highest BCUT2D eigenvalue weighted by Crippen LogP contribution is 2.15. The maximum atomic E-state index is 13.0. The smallest absolute Gasteiger partial charge is 0.238 e. The molecule has 1 aromatic heterocycles. The van der Waals surface area contributed by atoms with Gasteiger partial charge in [-0.05, 0) is 36.4 Å². The Morgan fingerprint density at radius 2 is 2.00 bits per heavy atom. The van der Waals surface area contributed by atoms with Crippen LogP contribution >= 0.6 is 0 Å². The quantitative estimate of drug-likeness (QED) is 0.872. The van der Waals surface area contributed by atoms with Crippen LogP contribution in [0.15, 0.2) is 48.7 Å². The van der Waals surface area contributed by atoms with Crippen LogP contribution in [0.2, 0.25) is 0 Å². The average molecular weight is 370 g/mol. The molecule has 0 spiro atoms. The van der Waals surface area contributed by atoms with E-state index < -0.39 is 0 Å². The maximum Gasteiger partial charge on any atom is 0.238 e. The number of carbonyl (C=O) groups excluding carboxylic acids is 2. The molecule has 3 rings (SSSR count). The number of halogens is 1. The first-order valence-electron chi connectivity index (χ1n) is 8.94. The fourth-order valence-corrected chi connectivity index (χ4v) is 3.20. The Balaban J connectivity index is 1.63. The van der Waals surface area contributed by atoms with Gasteiger partial charge in [-0.1, -0.05) is 6.07 Å². The zero-order valence-corrected chi connectivity index (χ0v) is 15.3. The fourth-order valence-electron chi connectivity index (χ4n) is 3.20. The van der Waals surface area contributed by atoms with E-state index in [1.165, 1.54) is 24.3 Å². The second-order valence-electron chi connectivity index (χ2n) is 6.77. The summed E-state index contributed by atoms with van der Waals surface area (Å²) in [6.07, 6.45) is 2.26. The monoisotopic (exact) mass is 370 g/mol. The number of aromatic nitrogens is 1. The highest BCUT2D eigenvalue weighted by atomic mass is 19.1. The largest absolute Gasteiger partial charge is 0.344 e. The van der Waals surface area contributed by atoms with Gasteiger partial charge in [0.15, 0.2) is 0 Å². The lowest BCUT2D eigenvalue weighted by Gasteiger charge is -2.22. The molecule has 1 N–H and O–H groups in total. The van der Waals surface area contributed by atoms with Gasteiger partial charge >= 0.3 is 0 Å². The van der Waals surface area contributed by atoms with Crippen LogP contribution in [0.5, 0.6) is 0 Å². The van der Waals surface area contributed by atoms with E-state index in [0.717, 1.165) is 5.69 Å². The van der Waals surface area contributed by atoms with Crippen molar-refractivity contribution in [3.05, 3.63) is 60.2 Å². The van der Waals surface area contributed by atoms with Crippen LogP contribution in [-0.2, 0) is 16.0 Å². The van der Waals surface area contributed by atoms with Crippen molar-refractivity contribution in [3.8, 4) is 0 Å². The van der Waals surface area contributed by atoms with Gasteiger partial charge in [-0.3, -0.25) is 19.5 Å². The topological polar surface area (TPSA) is 65.5 Å². The maximum absolute atomic E-state index is 13.0. The number of anilines is 1. The normalized spacial score (nSPS) is 18.2. The third-order valence-corrected chi connectivity index (χ3v) is 4.63. The van der Waals surface area contributed by atoms with Crippen LogP contribution in [0.25, 0.3) is 0 Å². The van der Waals surface area contributed by atoms with Crippen LogP contribution in [-0.4, -0.2) is 59.8 Å². The summed E-state index contributed by atoms with van der Waals surface area (Å²) in [4.78, 5) is 33.0. The number of nitrogens with zero attached hydrogens (tertiary/aromatic N) is 3. The van der Waals surface area contributed by atoms with Crippen molar-refractivity contribution >= 4 is 17.5 Å². The van der Waals surface area contributed by atoms with E-state index in [2.05, 4.69) is 10.3 Å². The summed E-state index contributed by atoms with van der Waals surface area (Å²) >= 11 is 0. The molecule has 142 valence electrons. The molecule has 1 fully saturated rings. The number of hydrogen-bond donors (Lipinski definition) is 1. The summed E-state index contributed by atoms with van der Waals surface area (Å²) in [5.74, 6) is -0.706. The Labute approximate surface area is 158 Å². The van der Waals surface area contributed by atoms with Crippen LogP contribution < -0.4 is 5.32 Å². The minimum absolute atomic E-state index is 0.0714. The van der Waals surface area contributed by atoms with Gasteiger partial charge in [-0.25, -0.2) is 4.39 Å². The summed E-state index contributed by atoms with van der Waals surface area (Å²) in [5.41, 5.74) is 1.41. The Hall–Kier alpha value is -2.80. The highest BCUT2D eigenvalue weighted by Gasteiger charge is 2.29. The molecule has 2 heterocycles. The predicted octanol–water partition coefficient (Wildman–Crippen LogP) is 1.79. The van der Waals surface area contributed by atoms with Gasteiger partial charge in [0, 0.05) is 50.7 Å². The molecule has 0 radical (unpaired) electrons. The number of carbonyl (C=O) groups is 2. The molecule has 27 heavy (non-hydrogen) atoms. The molecule has 0 saturated carbocycles. The third kappa shape index (κ3) is 5.34. The van der Waals surface area contributed by atoms with Crippen LogP contribution in [0.3, 0.4) is 0 Å². The molecule has 1 unspecified atom stereocenters. The van der Waals surface area contributed by atoms with Gasteiger partial charge < -0.3 is 10.2 Å². The first kappa shape index (κ1) is 19.0. The first-order chi connectivity index (χ1) is 13.0. The van der Waals surface area contributed by atoms with E-state index in [9.17, 15) is 14.0 Å². The minimum atomic E-state index is -0.348. The van der Waals surface area contributed by atoms with E-state index in [1.807, 2.05) is 23.1 Å². The lowest BCUT2D eigenvalue weighted by atomic mass is 10.0. The number of rotatable bonds is 5. The van der Waals surface area contributed by atoms with Crippen molar-refractivity contribution in [2.45, 2.75) is 6.42 Å². The Bertz CT molecular complexity index is 782. The molecule has 2 amide bonds. The Morgan fingerprint density at radius 3 is 2.70 bits per heavy atom. The van der Waals surface area contributed by atoms with Crippen molar-refractivity contribution in [1.82, 2.24) is 14.8 Å². The molecule has 7 heteroatoms. The van der Waals surface area contributed by atoms with Gasteiger partial charge in [0.1, 0.15) is 5.82 Å². The van der Waals surface area contributed by atoms with E-state index in [0.29, 0.717) is 31.7 Å². The van der Waals surface area contributed by atoms with E-state index in [4.69, 9.17) is 0 Å². The van der Waals surface area contributed by atoms with Crippen LogP contribution in [0, 0.1) is 11.7 Å².